The molecule has 1 aliphatic heterocycles. The zero-order valence-corrected chi connectivity index (χ0v) is 9.74. The van der Waals surface area contributed by atoms with Crippen molar-refractivity contribution in [2.75, 3.05) is 13.1 Å². The van der Waals surface area contributed by atoms with Crippen LogP contribution in [-0.2, 0) is 4.79 Å². The first-order valence-corrected chi connectivity index (χ1v) is 5.64. The van der Waals surface area contributed by atoms with Crippen LogP contribution in [0.5, 0.6) is 5.88 Å². The van der Waals surface area contributed by atoms with Crippen LogP contribution in [0.15, 0.2) is 30.7 Å². The third kappa shape index (κ3) is 3.03. The summed E-state index contributed by atoms with van der Waals surface area (Å²) in [5.41, 5.74) is 0. The van der Waals surface area contributed by atoms with Gasteiger partial charge in [0.2, 0.25) is 11.8 Å². The number of carbonyl (C=O) groups is 1. The van der Waals surface area contributed by atoms with Gasteiger partial charge in [-0.1, -0.05) is 6.08 Å². The van der Waals surface area contributed by atoms with E-state index in [4.69, 9.17) is 4.74 Å². The van der Waals surface area contributed by atoms with Crippen LogP contribution in [0.2, 0.25) is 0 Å². The summed E-state index contributed by atoms with van der Waals surface area (Å²) in [5, 5.41) is 0. The van der Waals surface area contributed by atoms with Crippen LogP contribution in [-0.4, -0.2) is 40.0 Å². The van der Waals surface area contributed by atoms with Crippen molar-refractivity contribution in [1.82, 2.24) is 14.9 Å². The number of likely N-dealkylation sites (tertiary alicyclic amines) is 1. The van der Waals surface area contributed by atoms with Crippen LogP contribution in [0, 0.1) is 0 Å². The number of ether oxygens (including phenoxy) is 1. The molecular formula is C12H15N3O2. The Bertz CT molecular complexity index is 405. The van der Waals surface area contributed by atoms with Crippen molar-refractivity contribution in [2.24, 2.45) is 0 Å². The van der Waals surface area contributed by atoms with Gasteiger partial charge in [-0.3, -0.25) is 4.79 Å². The van der Waals surface area contributed by atoms with Crippen LogP contribution in [0.4, 0.5) is 0 Å². The third-order valence-electron chi connectivity index (χ3n) is 2.61. The van der Waals surface area contributed by atoms with Crippen molar-refractivity contribution >= 4 is 5.91 Å². The Balaban J connectivity index is 1.88. The molecule has 5 heteroatoms. The number of rotatable bonds is 3. The molecule has 2 rings (SSSR count). The quantitative estimate of drug-likeness (QED) is 0.732. The molecule has 1 fully saturated rings. The molecule has 5 nitrogen and oxygen atoms in total. The summed E-state index contributed by atoms with van der Waals surface area (Å²) in [4.78, 5) is 21.2. The number of hydrogen-bond acceptors (Lipinski definition) is 4. The van der Waals surface area contributed by atoms with Crippen LogP contribution < -0.4 is 4.74 Å². The SMILES string of the molecule is C/C=C/C(=O)N1CC[C@H](Oc2ccncn2)C1. The minimum absolute atomic E-state index is 0.0270. The Kier molecular flexibility index (Phi) is 3.69. The molecule has 1 aliphatic rings. The maximum atomic E-state index is 11.6. The normalized spacial score (nSPS) is 19.8. The second kappa shape index (κ2) is 5.43. The Labute approximate surface area is 100 Å². The van der Waals surface area contributed by atoms with Crippen molar-refractivity contribution in [3.8, 4) is 5.88 Å². The van der Waals surface area contributed by atoms with Crippen LogP contribution >= 0.6 is 0 Å². The van der Waals surface area contributed by atoms with Gasteiger partial charge < -0.3 is 9.64 Å². The first-order chi connectivity index (χ1) is 8.29. The van der Waals surface area contributed by atoms with Gasteiger partial charge in [-0.05, 0) is 13.0 Å². The monoisotopic (exact) mass is 233 g/mol. The van der Waals surface area contributed by atoms with E-state index < -0.39 is 0 Å². The minimum atomic E-state index is 0.0270. The first-order valence-electron chi connectivity index (χ1n) is 5.64. The number of allylic oxidation sites excluding steroid dienone is 1. The molecule has 90 valence electrons. The van der Waals surface area contributed by atoms with Crippen molar-refractivity contribution < 1.29 is 9.53 Å². The number of hydrogen-bond donors (Lipinski definition) is 0. The van der Waals surface area contributed by atoms with Crippen molar-refractivity contribution in [1.29, 1.82) is 0 Å². The van der Waals surface area contributed by atoms with Crippen molar-refractivity contribution in [3.05, 3.63) is 30.7 Å². The molecule has 0 aromatic carbocycles. The lowest BCUT2D eigenvalue weighted by Gasteiger charge is -2.14. The number of amides is 1. The number of carbonyl (C=O) groups excluding carboxylic acids is 1. The number of aromatic nitrogens is 2. The van der Waals surface area contributed by atoms with Gasteiger partial charge in [0.15, 0.2) is 0 Å². The zero-order valence-electron chi connectivity index (χ0n) is 9.74. The topological polar surface area (TPSA) is 55.3 Å². The lowest BCUT2D eigenvalue weighted by atomic mass is 10.3. The Morgan fingerprint density at radius 3 is 3.24 bits per heavy atom. The fraction of sp³-hybridized carbons (Fsp3) is 0.417. The minimum Gasteiger partial charge on any atom is -0.472 e. The standard InChI is InChI=1S/C12H15N3O2/c1-2-3-12(16)15-7-5-10(8-15)17-11-4-6-13-9-14-11/h2-4,6,9-10H,5,7-8H2,1H3/b3-2+/t10-/m0/s1. The highest BCUT2D eigenvalue weighted by atomic mass is 16.5. The molecule has 0 radical (unpaired) electrons. The van der Waals surface area contributed by atoms with E-state index in [1.165, 1.54) is 6.33 Å². The Morgan fingerprint density at radius 2 is 2.53 bits per heavy atom. The van der Waals surface area contributed by atoms with E-state index in [2.05, 4.69) is 9.97 Å². The molecule has 0 aliphatic carbocycles. The molecule has 0 spiro atoms. The van der Waals surface area contributed by atoms with E-state index >= 15 is 0 Å². The maximum Gasteiger partial charge on any atom is 0.246 e. The van der Waals surface area contributed by atoms with Crippen LogP contribution in [0.25, 0.3) is 0 Å². The molecule has 1 aromatic heterocycles. The summed E-state index contributed by atoms with van der Waals surface area (Å²) in [5.74, 6) is 0.603. The summed E-state index contributed by atoms with van der Waals surface area (Å²) >= 11 is 0. The zero-order chi connectivity index (χ0) is 12.1. The van der Waals surface area contributed by atoms with Gasteiger partial charge in [-0.25, -0.2) is 9.97 Å². The second-order valence-corrected chi connectivity index (χ2v) is 3.86. The Morgan fingerprint density at radius 1 is 1.65 bits per heavy atom. The van der Waals surface area contributed by atoms with Gasteiger partial charge >= 0.3 is 0 Å². The van der Waals surface area contributed by atoms with Gasteiger partial charge in [-0.15, -0.1) is 0 Å². The van der Waals surface area contributed by atoms with Crippen LogP contribution in [0.1, 0.15) is 13.3 Å². The predicted molar refractivity (Wildman–Crippen MR) is 62.5 cm³/mol. The highest BCUT2D eigenvalue weighted by Crippen LogP contribution is 2.15. The van der Waals surface area contributed by atoms with E-state index in [9.17, 15) is 4.79 Å². The lowest BCUT2D eigenvalue weighted by Crippen LogP contribution is -2.29. The molecule has 1 aromatic rings. The van der Waals surface area contributed by atoms with E-state index in [0.717, 1.165) is 13.0 Å². The summed E-state index contributed by atoms with van der Waals surface area (Å²) in [7, 11) is 0. The average molecular weight is 233 g/mol. The smallest absolute Gasteiger partial charge is 0.246 e. The maximum absolute atomic E-state index is 11.6. The highest BCUT2D eigenvalue weighted by molar-refractivity contribution is 5.87. The van der Waals surface area contributed by atoms with Crippen LogP contribution in [0.3, 0.4) is 0 Å². The van der Waals surface area contributed by atoms with Gasteiger partial charge in [0.1, 0.15) is 12.4 Å². The number of nitrogens with zero attached hydrogens (tertiary/aromatic N) is 3. The Hall–Kier alpha value is -1.91. The molecule has 0 unspecified atom stereocenters. The second-order valence-electron chi connectivity index (χ2n) is 3.86. The van der Waals surface area contributed by atoms with Gasteiger partial charge in [-0.2, -0.15) is 0 Å². The fourth-order valence-corrected chi connectivity index (χ4v) is 1.79. The molecule has 0 saturated carbocycles. The largest absolute Gasteiger partial charge is 0.472 e. The average Bonchev–Trinajstić information content (AvgIpc) is 2.79. The van der Waals surface area contributed by atoms with Crippen molar-refractivity contribution in [2.45, 2.75) is 19.4 Å². The third-order valence-corrected chi connectivity index (χ3v) is 2.61. The molecule has 17 heavy (non-hydrogen) atoms. The van der Waals surface area contributed by atoms with E-state index in [0.29, 0.717) is 12.4 Å². The molecule has 1 saturated heterocycles. The summed E-state index contributed by atoms with van der Waals surface area (Å²) < 4.78 is 5.66. The van der Waals surface area contributed by atoms with Gasteiger partial charge in [0, 0.05) is 25.2 Å². The predicted octanol–water partition coefficient (Wildman–Crippen LogP) is 1.03. The van der Waals surface area contributed by atoms with E-state index in [1.54, 1.807) is 29.3 Å². The highest BCUT2D eigenvalue weighted by Gasteiger charge is 2.26. The molecule has 1 amide bonds. The molecular weight excluding hydrogens is 218 g/mol. The lowest BCUT2D eigenvalue weighted by molar-refractivity contribution is -0.125. The first kappa shape index (κ1) is 11.6. The molecule has 0 N–H and O–H groups in total. The molecule has 1 atom stereocenters. The van der Waals surface area contributed by atoms with E-state index in [1.807, 2.05) is 6.92 Å². The van der Waals surface area contributed by atoms with E-state index in [-0.39, 0.29) is 12.0 Å². The molecule has 0 bridgehead atoms. The van der Waals surface area contributed by atoms with Crippen molar-refractivity contribution in [3.63, 3.8) is 0 Å². The fourth-order valence-electron chi connectivity index (χ4n) is 1.79. The summed E-state index contributed by atoms with van der Waals surface area (Å²) in [6, 6.07) is 1.72. The summed E-state index contributed by atoms with van der Waals surface area (Å²) in [6.45, 7) is 3.19. The summed E-state index contributed by atoms with van der Waals surface area (Å²) in [6.07, 6.45) is 7.29. The van der Waals surface area contributed by atoms with Gasteiger partial charge in [0.25, 0.3) is 0 Å². The van der Waals surface area contributed by atoms with Gasteiger partial charge in [0.05, 0.1) is 6.54 Å². The molecule has 2 heterocycles.